The van der Waals surface area contributed by atoms with Crippen LogP contribution in [0.5, 0.6) is 11.5 Å². The molecule has 7 aromatic carbocycles. The largest absolute Gasteiger partial charge is 0.453 e. The predicted octanol–water partition coefficient (Wildman–Crippen LogP) is 10.8. The van der Waals surface area contributed by atoms with Gasteiger partial charge >= 0.3 is 0 Å². The van der Waals surface area contributed by atoms with Gasteiger partial charge in [-0.05, 0) is 82.6 Å². The number of hydrogen-bond acceptors (Lipinski definition) is 1. The van der Waals surface area contributed by atoms with Gasteiger partial charge < -0.3 is 13.9 Å². The summed E-state index contributed by atoms with van der Waals surface area (Å²) in [5.74, 6) is 1.77. The Labute approximate surface area is 247 Å². The van der Waals surface area contributed by atoms with Gasteiger partial charge in [0.05, 0.1) is 27.8 Å². The third kappa shape index (κ3) is 3.08. The van der Waals surface area contributed by atoms with Crippen molar-refractivity contribution >= 4 is 54.4 Å². The normalized spacial score (nSPS) is 12.4. The zero-order valence-electron chi connectivity index (χ0n) is 23.2. The second-order valence-corrected chi connectivity index (χ2v) is 11.4. The molecule has 0 saturated heterocycles. The molecule has 43 heavy (non-hydrogen) atoms. The Bertz CT molecular complexity index is 2580. The highest BCUT2D eigenvalue weighted by molar-refractivity contribution is 6.18. The van der Waals surface area contributed by atoms with Gasteiger partial charge in [-0.25, -0.2) is 0 Å². The van der Waals surface area contributed by atoms with Crippen molar-refractivity contribution in [2.75, 3.05) is 0 Å². The highest BCUT2D eigenvalue weighted by Gasteiger charge is 2.25. The zero-order valence-corrected chi connectivity index (χ0v) is 23.2. The van der Waals surface area contributed by atoms with Gasteiger partial charge in [-0.15, -0.1) is 0 Å². The van der Waals surface area contributed by atoms with Gasteiger partial charge in [0.2, 0.25) is 0 Å². The van der Waals surface area contributed by atoms with E-state index in [1.807, 2.05) is 12.1 Å². The van der Waals surface area contributed by atoms with Gasteiger partial charge in [-0.2, -0.15) is 0 Å². The molecular weight excluding hydrogens is 524 g/mol. The molecule has 0 amide bonds. The lowest BCUT2D eigenvalue weighted by Gasteiger charge is -2.21. The number of aromatic nitrogens is 2. The smallest absolute Gasteiger partial charge is 0.152 e. The summed E-state index contributed by atoms with van der Waals surface area (Å²) in [6.45, 7) is 0. The van der Waals surface area contributed by atoms with Crippen molar-refractivity contribution < 1.29 is 4.74 Å². The zero-order chi connectivity index (χ0) is 28.1. The van der Waals surface area contributed by atoms with Crippen molar-refractivity contribution in [3.8, 4) is 34.0 Å². The molecule has 0 unspecified atom stereocenters. The van der Waals surface area contributed by atoms with Crippen LogP contribution in [0.25, 0.3) is 76.9 Å². The van der Waals surface area contributed by atoms with Gasteiger partial charge in [0.25, 0.3) is 0 Å². The monoisotopic (exact) mass is 548 g/mol. The molecule has 3 heteroatoms. The third-order valence-corrected chi connectivity index (χ3v) is 9.08. The van der Waals surface area contributed by atoms with Gasteiger partial charge in [-0.1, -0.05) is 84.9 Å². The average molecular weight is 549 g/mol. The molecule has 2 aromatic heterocycles. The predicted molar refractivity (Wildman–Crippen MR) is 178 cm³/mol. The molecule has 3 heterocycles. The van der Waals surface area contributed by atoms with Crippen LogP contribution in [-0.2, 0) is 0 Å². The first-order valence-corrected chi connectivity index (χ1v) is 14.7. The Morgan fingerprint density at radius 2 is 1.12 bits per heavy atom. The maximum Gasteiger partial charge on any atom is 0.152 e. The Balaban J connectivity index is 1.20. The first kappa shape index (κ1) is 22.8. The molecule has 0 spiro atoms. The summed E-state index contributed by atoms with van der Waals surface area (Å²) in [5, 5.41) is 7.51. The van der Waals surface area contributed by atoms with Crippen molar-refractivity contribution in [2.45, 2.75) is 0 Å². The van der Waals surface area contributed by atoms with Crippen molar-refractivity contribution in [2.24, 2.45) is 0 Å². The van der Waals surface area contributed by atoms with E-state index in [0.717, 1.165) is 28.4 Å². The van der Waals surface area contributed by atoms with Crippen LogP contribution in [0.1, 0.15) is 0 Å². The van der Waals surface area contributed by atoms with Crippen LogP contribution in [0.4, 0.5) is 0 Å². The van der Waals surface area contributed by atoms with Gasteiger partial charge in [0.15, 0.2) is 11.5 Å². The molecule has 0 saturated carbocycles. The van der Waals surface area contributed by atoms with Crippen molar-refractivity contribution in [3.63, 3.8) is 0 Å². The Hall–Kier alpha value is -5.80. The fourth-order valence-corrected chi connectivity index (χ4v) is 7.21. The SMILES string of the molecule is c1ccc2c(c1)Oc1ccc(-c3ccc(-n4c5ccccc5c5cc6ccccc6cc54)cc3)c3c4ccccc4n-2c13. The van der Waals surface area contributed by atoms with Crippen LogP contribution in [0.15, 0.2) is 146 Å². The quantitative estimate of drug-likeness (QED) is 0.210. The number of benzene rings is 7. The summed E-state index contributed by atoms with van der Waals surface area (Å²) in [6.07, 6.45) is 0. The molecule has 0 N–H and O–H groups in total. The lowest BCUT2D eigenvalue weighted by Crippen LogP contribution is -2.03. The van der Waals surface area contributed by atoms with Gasteiger partial charge in [-0.3, -0.25) is 0 Å². The molecule has 0 bridgehead atoms. The Kier molecular flexibility index (Phi) is 4.45. The molecule has 1 aliphatic heterocycles. The van der Waals surface area contributed by atoms with E-state index in [2.05, 4.69) is 143 Å². The molecule has 0 atom stereocenters. The minimum absolute atomic E-state index is 0.883. The standard InChI is InChI=1S/C40H24N2O/c1-2-10-27-24-36-32(23-26(27)9-1)30-11-3-5-13-33(30)41(36)28-19-17-25(18-20-28)29-21-22-38-40-39(29)31-12-4-6-14-34(31)42(40)35-15-7-8-16-37(35)43-38/h1-24H. The number of fused-ring (bicyclic) bond motifs is 9. The van der Waals surface area contributed by atoms with E-state index in [0.29, 0.717) is 0 Å². The van der Waals surface area contributed by atoms with E-state index in [-0.39, 0.29) is 0 Å². The number of rotatable bonds is 2. The van der Waals surface area contributed by atoms with E-state index in [1.54, 1.807) is 0 Å². The molecule has 9 aromatic rings. The molecule has 0 radical (unpaired) electrons. The van der Waals surface area contributed by atoms with E-state index in [1.165, 1.54) is 60.0 Å². The fourth-order valence-electron chi connectivity index (χ4n) is 7.21. The second kappa shape index (κ2) is 8.37. The Morgan fingerprint density at radius 3 is 1.95 bits per heavy atom. The topological polar surface area (TPSA) is 19.1 Å². The average Bonchev–Trinajstić information content (AvgIpc) is 3.58. The summed E-state index contributed by atoms with van der Waals surface area (Å²) in [4.78, 5) is 0. The van der Waals surface area contributed by atoms with Crippen molar-refractivity contribution in [3.05, 3.63) is 146 Å². The van der Waals surface area contributed by atoms with Gasteiger partial charge in [0, 0.05) is 27.2 Å². The number of para-hydroxylation sites is 4. The number of nitrogens with zero attached hydrogens (tertiary/aromatic N) is 2. The molecule has 1 aliphatic rings. The van der Waals surface area contributed by atoms with Gasteiger partial charge in [0.1, 0.15) is 0 Å². The summed E-state index contributed by atoms with van der Waals surface area (Å²) in [6, 6.07) is 52.3. The van der Waals surface area contributed by atoms with E-state index < -0.39 is 0 Å². The first-order valence-electron chi connectivity index (χ1n) is 14.7. The summed E-state index contributed by atoms with van der Waals surface area (Å²) in [7, 11) is 0. The molecule has 200 valence electrons. The Morgan fingerprint density at radius 1 is 0.442 bits per heavy atom. The van der Waals surface area contributed by atoms with Crippen LogP contribution in [0.2, 0.25) is 0 Å². The first-order chi connectivity index (χ1) is 21.3. The van der Waals surface area contributed by atoms with E-state index in [4.69, 9.17) is 4.74 Å². The van der Waals surface area contributed by atoms with Crippen molar-refractivity contribution in [1.29, 1.82) is 0 Å². The van der Waals surface area contributed by atoms with Crippen LogP contribution in [-0.4, -0.2) is 9.13 Å². The lowest BCUT2D eigenvalue weighted by atomic mass is 9.98. The molecule has 0 aliphatic carbocycles. The van der Waals surface area contributed by atoms with Crippen LogP contribution in [0.3, 0.4) is 0 Å². The minimum Gasteiger partial charge on any atom is -0.453 e. The fraction of sp³-hybridized carbons (Fsp3) is 0. The molecular formula is C40H24N2O. The van der Waals surface area contributed by atoms with Crippen LogP contribution in [0, 0.1) is 0 Å². The van der Waals surface area contributed by atoms with E-state index in [9.17, 15) is 0 Å². The molecule has 10 rings (SSSR count). The maximum atomic E-state index is 6.43. The van der Waals surface area contributed by atoms with Crippen LogP contribution < -0.4 is 4.74 Å². The lowest BCUT2D eigenvalue weighted by molar-refractivity contribution is 0.476. The maximum absolute atomic E-state index is 6.43. The third-order valence-electron chi connectivity index (χ3n) is 9.08. The second-order valence-electron chi connectivity index (χ2n) is 11.4. The minimum atomic E-state index is 0.883. The van der Waals surface area contributed by atoms with Crippen LogP contribution >= 0.6 is 0 Å². The summed E-state index contributed by atoms with van der Waals surface area (Å²) >= 11 is 0. The number of hydrogen-bond donors (Lipinski definition) is 0. The summed E-state index contributed by atoms with van der Waals surface area (Å²) in [5.41, 5.74) is 9.37. The summed E-state index contributed by atoms with van der Waals surface area (Å²) < 4.78 is 11.2. The number of ether oxygens (including phenoxy) is 1. The molecule has 0 fully saturated rings. The highest BCUT2D eigenvalue weighted by atomic mass is 16.5. The van der Waals surface area contributed by atoms with Crippen molar-refractivity contribution in [1.82, 2.24) is 9.13 Å². The molecule has 3 nitrogen and oxygen atoms in total. The highest BCUT2D eigenvalue weighted by Crippen LogP contribution is 2.48. The van der Waals surface area contributed by atoms with E-state index >= 15 is 0 Å².